The van der Waals surface area contributed by atoms with E-state index in [-0.39, 0.29) is 18.4 Å². The van der Waals surface area contributed by atoms with Crippen LogP contribution in [0.5, 0.6) is 0 Å². The number of carbonyl (C=O) groups is 1. The van der Waals surface area contributed by atoms with E-state index < -0.39 is 0 Å². The Hall–Kier alpha value is -1.83. The third-order valence-corrected chi connectivity index (χ3v) is 3.19. The summed E-state index contributed by atoms with van der Waals surface area (Å²) < 4.78 is 5.20. The van der Waals surface area contributed by atoms with E-state index in [0.717, 1.165) is 17.5 Å². The average Bonchev–Trinajstić information content (AvgIpc) is 3.01. The number of hydrogen-bond donors (Lipinski definition) is 2. The molecule has 1 amide bonds. The minimum absolute atomic E-state index is 0.00128. The van der Waals surface area contributed by atoms with E-state index >= 15 is 0 Å². The first-order valence-electron chi connectivity index (χ1n) is 6.83. The molecule has 1 unspecified atom stereocenters. The van der Waals surface area contributed by atoms with Crippen molar-refractivity contribution in [1.82, 2.24) is 5.32 Å². The summed E-state index contributed by atoms with van der Waals surface area (Å²) in [7, 11) is 0. The van der Waals surface area contributed by atoms with Gasteiger partial charge in [0.15, 0.2) is 0 Å². The van der Waals surface area contributed by atoms with Crippen LogP contribution < -0.4 is 5.32 Å². The molecule has 0 saturated carbocycles. The molecule has 1 aromatic rings. The Kier molecular flexibility index (Phi) is 5.60. The summed E-state index contributed by atoms with van der Waals surface area (Å²) in [5.41, 5.74) is 1.96. The molecule has 0 aliphatic carbocycles. The molecule has 2 rings (SSSR count). The largest absolute Gasteiger partial charge is 0.395 e. The van der Waals surface area contributed by atoms with Gasteiger partial charge < -0.3 is 15.2 Å². The zero-order valence-corrected chi connectivity index (χ0v) is 11.4. The van der Waals surface area contributed by atoms with Crippen molar-refractivity contribution in [2.24, 2.45) is 5.92 Å². The summed E-state index contributed by atoms with van der Waals surface area (Å²) in [4.78, 5) is 11.8. The highest BCUT2D eigenvalue weighted by molar-refractivity contribution is 5.78. The molecule has 1 aliphatic heterocycles. The number of aliphatic hydroxyl groups is 1. The second-order valence-corrected chi connectivity index (χ2v) is 4.75. The van der Waals surface area contributed by atoms with E-state index in [9.17, 15) is 4.79 Å². The van der Waals surface area contributed by atoms with Crippen LogP contribution in [0.3, 0.4) is 0 Å². The molecule has 1 aliphatic rings. The number of amides is 1. The van der Waals surface area contributed by atoms with Gasteiger partial charge in [-0.2, -0.15) is 0 Å². The van der Waals surface area contributed by atoms with Gasteiger partial charge in [0.05, 0.1) is 19.1 Å². The van der Waals surface area contributed by atoms with Gasteiger partial charge in [0, 0.05) is 25.1 Å². The summed E-state index contributed by atoms with van der Waals surface area (Å²) in [6.45, 7) is 1.83. The summed E-state index contributed by atoms with van der Waals surface area (Å²) in [6.07, 6.45) is 1.30. The number of aliphatic hydroxyl groups excluding tert-OH is 1. The van der Waals surface area contributed by atoms with Crippen LogP contribution in [0.25, 0.3) is 0 Å². The Morgan fingerprint density at radius 2 is 2.20 bits per heavy atom. The highest BCUT2D eigenvalue weighted by atomic mass is 16.5. The molecule has 20 heavy (non-hydrogen) atoms. The monoisotopic (exact) mass is 273 g/mol. The fraction of sp³-hybridized carbons (Fsp3) is 0.438. The van der Waals surface area contributed by atoms with Crippen LogP contribution in [0.1, 0.15) is 24.0 Å². The zero-order valence-electron chi connectivity index (χ0n) is 11.4. The van der Waals surface area contributed by atoms with Crippen molar-refractivity contribution >= 4 is 5.91 Å². The number of rotatable bonds is 4. The lowest BCUT2D eigenvalue weighted by Crippen LogP contribution is -2.30. The third-order valence-electron chi connectivity index (χ3n) is 3.19. The zero-order chi connectivity index (χ0) is 14.2. The fourth-order valence-electron chi connectivity index (χ4n) is 2.00. The van der Waals surface area contributed by atoms with Crippen molar-refractivity contribution in [2.75, 3.05) is 19.8 Å². The van der Waals surface area contributed by atoms with E-state index in [4.69, 9.17) is 9.84 Å². The second-order valence-electron chi connectivity index (χ2n) is 4.75. The predicted octanol–water partition coefficient (Wildman–Crippen LogP) is 1.07. The molecule has 1 fully saturated rings. The first-order valence-corrected chi connectivity index (χ1v) is 6.83. The highest BCUT2D eigenvalue weighted by Crippen LogP contribution is 2.12. The lowest BCUT2D eigenvalue weighted by Gasteiger charge is -2.09. The van der Waals surface area contributed by atoms with E-state index in [1.54, 1.807) is 0 Å². The van der Waals surface area contributed by atoms with Crippen molar-refractivity contribution in [2.45, 2.75) is 19.4 Å². The third kappa shape index (κ3) is 4.37. The molecular weight excluding hydrogens is 254 g/mol. The van der Waals surface area contributed by atoms with Gasteiger partial charge >= 0.3 is 0 Å². The number of nitrogens with one attached hydrogen (secondary N) is 1. The summed E-state index contributed by atoms with van der Waals surface area (Å²) in [5, 5.41) is 11.6. The average molecular weight is 273 g/mol. The number of ether oxygens (including phenoxy) is 1. The Balaban J connectivity index is 1.81. The maximum absolute atomic E-state index is 11.8. The quantitative estimate of drug-likeness (QED) is 0.807. The predicted molar refractivity (Wildman–Crippen MR) is 75.8 cm³/mol. The molecule has 106 valence electrons. The first kappa shape index (κ1) is 14.6. The van der Waals surface area contributed by atoms with E-state index in [1.165, 1.54) is 0 Å². The summed E-state index contributed by atoms with van der Waals surface area (Å²) in [6, 6.07) is 7.75. The van der Waals surface area contributed by atoms with Crippen molar-refractivity contribution in [3.63, 3.8) is 0 Å². The molecule has 2 N–H and O–H groups in total. The summed E-state index contributed by atoms with van der Waals surface area (Å²) >= 11 is 0. The van der Waals surface area contributed by atoms with E-state index in [1.807, 2.05) is 24.3 Å². The first-order chi connectivity index (χ1) is 9.79. The molecule has 1 saturated heterocycles. The minimum Gasteiger partial charge on any atom is -0.395 e. The van der Waals surface area contributed by atoms with Gasteiger partial charge in [0.25, 0.3) is 0 Å². The van der Waals surface area contributed by atoms with Crippen LogP contribution in [0.4, 0.5) is 0 Å². The van der Waals surface area contributed by atoms with Crippen LogP contribution in [-0.2, 0) is 16.1 Å². The molecule has 0 radical (unpaired) electrons. The molecule has 4 heteroatoms. The minimum atomic E-state index is -0.00128. The van der Waals surface area contributed by atoms with Gasteiger partial charge in [-0.1, -0.05) is 24.0 Å². The van der Waals surface area contributed by atoms with Crippen molar-refractivity contribution in [3.8, 4) is 11.8 Å². The Morgan fingerprint density at radius 3 is 2.85 bits per heavy atom. The maximum atomic E-state index is 11.8. The molecule has 1 heterocycles. The van der Waals surface area contributed by atoms with Gasteiger partial charge in [0.2, 0.25) is 5.91 Å². The lowest BCUT2D eigenvalue weighted by atomic mass is 10.1. The Bertz CT molecular complexity index is 493. The summed E-state index contributed by atoms with van der Waals surface area (Å²) in [5.74, 6) is 5.91. The molecule has 4 nitrogen and oxygen atoms in total. The van der Waals surface area contributed by atoms with Crippen LogP contribution in [0.15, 0.2) is 24.3 Å². The topological polar surface area (TPSA) is 58.6 Å². The number of hydrogen-bond acceptors (Lipinski definition) is 3. The standard InChI is InChI=1S/C16H19NO3/c18-9-2-1-3-13-4-6-14(7-5-13)11-17-16(19)15-8-10-20-12-15/h4-7,15,18H,2,8-12H2,(H,17,19). The molecule has 0 aromatic heterocycles. The van der Waals surface area contributed by atoms with Crippen LogP contribution >= 0.6 is 0 Å². The molecule has 1 atom stereocenters. The smallest absolute Gasteiger partial charge is 0.225 e. The Labute approximate surface area is 119 Å². The fourth-order valence-corrected chi connectivity index (χ4v) is 2.00. The molecular formula is C16H19NO3. The lowest BCUT2D eigenvalue weighted by molar-refractivity contribution is -0.125. The maximum Gasteiger partial charge on any atom is 0.225 e. The second kappa shape index (κ2) is 7.68. The van der Waals surface area contributed by atoms with Crippen molar-refractivity contribution < 1.29 is 14.6 Å². The molecule has 0 bridgehead atoms. The van der Waals surface area contributed by atoms with Crippen LogP contribution in [0.2, 0.25) is 0 Å². The van der Waals surface area contributed by atoms with Gasteiger partial charge in [-0.05, 0) is 24.1 Å². The van der Waals surface area contributed by atoms with Crippen LogP contribution in [0, 0.1) is 17.8 Å². The molecule has 0 spiro atoms. The van der Waals surface area contributed by atoms with Gasteiger partial charge in [0.1, 0.15) is 0 Å². The SMILES string of the molecule is O=C(NCc1ccc(C#CCCO)cc1)C1CCOC1. The van der Waals surface area contributed by atoms with Crippen molar-refractivity contribution in [1.29, 1.82) is 0 Å². The van der Waals surface area contributed by atoms with Gasteiger partial charge in [-0.3, -0.25) is 4.79 Å². The number of carbonyl (C=O) groups excluding carboxylic acids is 1. The van der Waals surface area contributed by atoms with Crippen LogP contribution in [-0.4, -0.2) is 30.8 Å². The van der Waals surface area contributed by atoms with E-state index in [0.29, 0.717) is 26.2 Å². The number of benzene rings is 1. The van der Waals surface area contributed by atoms with Gasteiger partial charge in [-0.25, -0.2) is 0 Å². The van der Waals surface area contributed by atoms with Gasteiger partial charge in [-0.15, -0.1) is 0 Å². The van der Waals surface area contributed by atoms with Crippen molar-refractivity contribution in [3.05, 3.63) is 35.4 Å². The Morgan fingerprint density at radius 1 is 1.40 bits per heavy atom. The van der Waals surface area contributed by atoms with E-state index in [2.05, 4.69) is 17.2 Å². The molecule has 1 aromatic carbocycles. The highest BCUT2D eigenvalue weighted by Gasteiger charge is 2.22. The normalized spacial score (nSPS) is 17.4.